The van der Waals surface area contributed by atoms with E-state index in [2.05, 4.69) is 35.8 Å². The van der Waals surface area contributed by atoms with Crippen LogP contribution in [0.1, 0.15) is 69.2 Å². The first-order chi connectivity index (χ1) is 10.8. The number of nitrogens with zero attached hydrogens (tertiary/aromatic N) is 3. The molecule has 2 aliphatic rings. The van der Waals surface area contributed by atoms with E-state index in [1.807, 2.05) is 0 Å². The first-order valence-electron chi connectivity index (χ1n) is 9.26. The maximum atomic E-state index is 4.97. The van der Waals surface area contributed by atoms with Crippen LogP contribution in [0, 0.1) is 6.92 Å². The highest BCUT2D eigenvalue weighted by Gasteiger charge is 2.25. The molecule has 1 atom stereocenters. The van der Waals surface area contributed by atoms with Crippen LogP contribution in [0.4, 0.5) is 5.82 Å². The number of hydrogen-bond acceptors (Lipinski definition) is 3. The number of rotatable bonds is 4. The smallest absolute Gasteiger partial charge is 0.128 e. The molecule has 0 saturated carbocycles. The van der Waals surface area contributed by atoms with Gasteiger partial charge < -0.3 is 4.90 Å². The minimum atomic E-state index is 0.594. The summed E-state index contributed by atoms with van der Waals surface area (Å²) in [6.07, 6.45) is 9.26. The molecule has 0 spiro atoms. The van der Waals surface area contributed by atoms with Gasteiger partial charge in [-0.3, -0.25) is 4.90 Å². The predicted molar refractivity (Wildman–Crippen MR) is 93.5 cm³/mol. The molecule has 0 aliphatic carbocycles. The summed E-state index contributed by atoms with van der Waals surface area (Å²) in [4.78, 5) is 10.1. The van der Waals surface area contributed by atoms with Crippen molar-refractivity contribution in [3.05, 3.63) is 23.4 Å². The fourth-order valence-electron chi connectivity index (χ4n) is 4.11. The van der Waals surface area contributed by atoms with Crippen molar-refractivity contribution in [2.75, 3.05) is 31.1 Å². The van der Waals surface area contributed by atoms with Crippen LogP contribution >= 0.6 is 0 Å². The molecule has 0 aromatic carbocycles. The summed E-state index contributed by atoms with van der Waals surface area (Å²) in [6, 6.07) is 5.23. The first-order valence-corrected chi connectivity index (χ1v) is 9.26. The Bertz CT molecular complexity index is 478. The molecule has 0 unspecified atom stereocenters. The molecular formula is C19H31N3. The lowest BCUT2D eigenvalue weighted by atomic mass is 9.94. The van der Waals surface area contributed by atoms with Crippen molar-refractivity contribution in [3.8, 4) is 0 Å². The van der Waals surface area contributed by atoms with Gasteiger partial charge in [0.1, 0.15) is 5.82 Å². The van der Waals surface area contributed by atoms with Crippen LogP contribution in [0.2, 0.25) is 0 Å². The Morgan fingerprint density at radius 1 is 1.05 bits per heavy atom. The summed E-state index contributed by atoms with van der Waals surface area (Å²) in [6.45, 7) is 9.33. The Hall–Kier alpha value is -1.09. The average Bonchev–Trinajstić information content (AvgIpc) is 2.57. The molecule has 3 nitrogen and oxygen atoms in total. The van der Waals surface area contributed by atoms with Crippen molar-refractivity contribution >= 4 is 5.82 Å². The lowest BCUT2D eigenvalue weighted by Crippen LogP contribution is -2.35. The van der Waals surface area contributed by atoms with Gasteiger partial charge in [0.25, 0.3) is 0 Å². The van der Waals surface area contributed by atoms with E-state index in [4.69, 9.17) is 4.98 Å². The summed E-state index contributed by atoms with van der Waals surface area (Å²) < 4.78 is 0. The highest BCUT2D eigenvalue weighted by Crippen LogP contribution is 2.33. The summed E-state index contributed by atoms with van der Waals surface area (Å²) in [5.74, 6) is 1.19. The molecule has 22 heavy (non-hydrogen) atoms. The fraction of sp³-hybridized carbons (Fsp3) is 0.737. The third-order valence-corrected chi connectivity index (χ3v) is 5.28. The Morgan fingerprint density at radius 3 is 2.55 bits per heavy atom. The van der Waals surface area contributed by atoms with E-state index >= 15 is 0 Å². The van der Waals surface area contributed by atoms with E-state index in [1.54, 1.807) is 0 Å². The molecule has 3 heterocycles. The molecule has 0 bridgehead atoms. The predicted octanol–water partition coefficient (Wildman–Crippen LogP) is 4.32. The van der Waals surface area contributed by atoms with Crippen LogP contribution in [0.3, 0.4) is 0 Å². The zero-order valence-corrected chi connectivity index (χ0v) is 14.4. The molecule has 0 radical (unpaired) electrons. The van der Waals surface area contributed by atoms with Crippen molar-refractivity contribution in [1.82, 2.24) is 9.88 Å². The van der Waals surface area contributed by atoms with Gasteiger partial charge in [-0.25, -0.2) is 4.98 Å². The number of likely N-dealkylation sites (tertiary alicyclic amines) is 1. The van der Waals surface area contributed by atoms with Crippen LogP contribution in [0.25, 0.3) is 0 Å². The van der Waals surface area contributed by atoms with Crippen molar-refractivity contribution in [2.45, 2.75) is 64.8 Å². The molecule has 1 aromatic heterocycles. The van der Waals surface area contributed by atoms with E-state index in [0.717, 1.165) is 0 Å². The number of piperidine rings is 2. The number of anilines is 1. The van der Waals surface area contributed by atoms with Gasteiger partial charge in [-0.05, 0) is 70.2 Å². The van der Waals surface area contributed by atoms with E-state index < -0.39 is 0 Å². The fourth-order valence-corrected chi connectivity index (χ4v) is 4.11. The van der Waals surface area contributed by atoms with E-state index in [1.165, 1.54) is 88.2 Å². The SMILES string of the molecule is CCCN1CCCC[C@@H]1c1ccc(N2CCCCC2)nc1C. The summed E-state index contributed by atoms with van der Waals surface area (Å²) in [5.41, 5.74) is 2.71. The second kappa shape index (κ2) is 7.45. The van der Waals surface area contributed by atoms with Crippen LogP contribution in [0.15, 0.2) is 12.1 Å². The largest absolute Gasteiger partial charge is 0.357 e. The molecule has 2 saturated heterocycles. The topological polar surface area (TPSA) is 19.4 Å². The molecule has 3 rings (SSSR count). The van der Waals surface area contributed by atoms with Crippen LogP contribution in [-0.2, 0) is 0 Å². The van der Waals surface area contributed by atoms with Crippen LogP contribution in [-0.4, -0.2) is 36.1 Å². The Kier molecular flexibility index (Phi) is 5.35. The zero-order chi connectivity index (χ0) is 15.4. The van der Waals surface area contributed by atoms with Gasteiger partial charge in [-0.1, -0.05) is 19.4 Å². The van der Waals surface area contributed by atoms with Crippen molar-refractivity contribution < 1.29 is 0 Å². The third-order valence-electron chi connectivity index (χ3n) is 5.28. The van der Waals surface area contributed by atoms with Crippen LogP contribution < -0.4 is 4.90 Å². The quantitative estimate of drug-likeness (QED) is 0.825. The molecule has 3 heteroatoms. The molecule has 122 valence electrons. The maximum Gasteiger partial charge on any atom is 0.128 e. The van der Waals surface area contributed by atoms with Crippen molar-refractivity contribution in [3.63, 3.8) is 0 Å². The molecule has 2 aliphatic heterocycles. The average molecular weight is 301 g/mol. The standard InChI is InChI=1S/C19H31N3/c1-3-12-21-13-8-5-9-18(21)17-10-11-19(20-16(17)2)22-14-6-4-7-15-22/h10-11,18H,3-9,12-15H2,1-2H3/t18-/m1/s1. The minimum Gasteiger partial charge on any atom is -0.357 e. The van der Waals surface area contributed by atoms with E-state index in [0.29, 0.717) is 6.04 Å². The number of aryl methyl sites for hydroxylation is 1. The van der Waals surface area contributed by atoms with Crippen molar-refractivity contribution in [2.24, 2.45) is 0 Å². The Balaban J connectivity index is 1.78. The Labute approximate surface area is 135 Å². The first kappa shape index (κ1) is 15.8. The van der Waals surface area contributed by atoms with Gasteiger partial charge in [0.15, 0.2) is 0 Å². The van der Waals surface area contributed by atoms with Crippen LogP contribution in [0.5, 0.6) is 0 Å². The molecule has 1 aromatic rings. The number of aromatic nitrogens is 1. The minimum absolute atomic E-state index is 0.594. The highest BCUT2D eigenvalue weighted by atomic mass is 15.2. The van der Waals surface area contributed by atoms with E-state index in [9.17, 15) is 0 Å². The van der Waals surface area contributed by atoms with Gasteiger partial charge in [0, 0.05) is 24.8 Å². The summed E-state index contributed by atoms with van der Waals surface area (Å²) >= 11 is 0. The monoisotopic (exact) mass is 301 g/mol. The van der Waals surface area contributed by atoms with Gasteiger partial charge in [-0.2, -0.15) is 0 Å². The summed E-state index contributed by atoms with van der Waals surface area (Å²) in [5, 5.41) is 0. The zero-order valence-electron chi connectivity index (χ0n) is 14.4. The molecular weight excluding hydrogens is 270 g/mol. The second-order valence-electron chi connectivity index (χ2n) is 6.94. The Morgan fingerprint density at radius 2 is 1.82 bits per heavy atom. The normalized spacial score (nSPS) is 23.7. The van der Waals surface area contributed by atoms with E-state index in [-0.39, 0.29) is 0 Å². The summed E-state index contributed by atoms with van der Waals surface area (Å²) in [7, 11) is 0. The van der Waals surface area contributed by atoms with Gasteiger partial charge in [-0.15, -0.1) is 0 Å². The lowest BCUT2D eigenvalue weighted by Gasteiger charge is -2.36. The van der Waals surface area contributed by atoms with Gasteiger partial charge in [0.2, 0.25) is 0 Å². The highest BCUT2D eigenvalue weighted by molar-refractivity contribution is 5.42. The number of pyridine rings is 1. The maximum absolute atomic E-state index is 4.97. The molecule has 0 amide bonds. The lowest BCUT2D eigenvalue weighted by molar-refractivity contribution is 0.148. The molecule has 2 fully saturated rings. The number of hydrogen-bond donors (Lipinski definition) is 0. The third kappa shape index (κ3) is 3.45. The van der Waals surface area contributed by atoms with Crippen molar-refractivity contribution in [1.29, 1.82) is 0 Å². The van der Waals surface area contributed by atoms with Gasteiger partial charge >= 0.3 is 0 Å². The second-order valence-corrected chi connectivity index (χ2v) is 6.94. The molecule has 0 N–H and O–H groups in total. The van der Waals surface area contributed by atoms with Gasteiger partial charge in [0.05, 0.1) is 0 Å².